The van der Waals surface area contributed by atoms with Gasteiger partial charge in [0.15, 0.2) is 5.78 Å². The van der Waals surface area contributed by atoms with Crippen molar-refractivity contribution >= 4 is 17.7 Å². The Morgan fingerprint density at radius 2 is 1.61 bits per heavy atom. The van der Waals surface area contributed by atoms with E-state index in [9.17, 15) is 24.6 Å². The molecule has 7 heteroatoms. The summed E-state index contributed by atoms with van der Waals surface area (Å²) in [4.78, 5) is 38.0. The first-order valence-corrected chi connectivity index (χ1v) is 16.0. The third kappa shape index (κ3) is 5.58. The first kappa shape index (κ1) is 31.9. The van der Waals surface area contributed by atoms with Crippen LogP contribution in [0.5, 0.6) is 0 Å². The van der Waals surface area contributed by atoms with E-state index in [2.05, 4.69) is 20.8 Å². The maximum absolute atomic E-state index is 13.2. The maximum Gasteiger partial charge on any atom is 0.306 e. The first-order valence-electron chi connectivity index (χ1n) is 16.0. The molecule has 2 fully saturated rings. The van der Waals surface area contributed by atoms with Gasteiger partial charge in [-0.15, -0.1) is 0 Å². The highest BCUT2D eigenvalue weighted by molar-refractivity contribution is 6.04. The SMILES string of the molecule is CCCCCCCCCCCC(=O)O[C@@]12C[C@H](C)[C@@]3(O)[C@@H](C=C(COC(C)=O)C[C@]4(O)C(=O)C(C)=C[C@@H]34)[C@@H]1C2(C)C. The summed E-state index contributed by atoms with van der Waals surface area (Å²) in [5.74, 6) is -2.88. The summed E-state index contributed by atoms with van der Waals surface area (Å²) >= 11 is 0. The van der Waals surface area contributed by atoms with E-state index in [1.54, 1.807) is 13.0 Å². The van der Waals surface area contributed by atoms with Gasteiger partial charge in [-0.1, -0.05) is 91.2 Å². The minimum Gasteiger partial charge on any atom is -0.461 e. The Morgan fingerprint density at radius 3 is 2.22 bits per heavy atom. The van der Waals surface area contributed by atoms with E-state index in [0.717, 1.165) is 19.3 Å². The average Bonchev–Trinajstić information content (AvgIpc) is 3.30. The topological polar surface area (TPSA) is 110 Å². The molecule has 41 heavy (non-hydrogen) atoms. The number of ketones is 1. The third-order valence-corrected chi connectivity index (χ3v) is 10.9. The van der Waals surface area contributed by atoms with Crippen LogP contribution in [0.2, 0.25) is 0 Å². The normalized spacial score (nSPS) is 36.7. The van der Waals surface area contributed by atoms with Crippen molar-refractivity contribution in [1.82, 2.24) is 0 Å². The fourth-order valence-electron chi connectivity index (χ4n) is 8.62. The summed E-state index contributed by atoms with van der Waals surface area (Å²) in [5, 5.41) is 24.3. The Labute approximate surface area is 246 Å². The van der Waals surface area contributed by atoms with Crippen LogP contribution in [0.4, 0.5) is 0 Å². The number of esters is 2. The highest BCUT2D eigenvalue weighted by atomic mass is 16.6. The lowest BCUT2D eigenvalue weighted by atomic mass is 9.60. The lowest BCUT2D eigenvalue weighted by molar-refractivity contribution is -0.187. The number of rotatable bonds is 13. The number of fused-ring (bicyclic) bond motifs is 5. The van der Waals surface area contributed by atoms with Gasteiger partial charge in [0, 0.05) is 42.9 Å². The van der Waals surface area contributed by atoms with Gasteiger partial charge in [0.25, 0.3) is 0 Å². The lowest BCUT2D eigenvalue weighted by Gasteiger charge is -2.50. The van der Waals surface area contributed by atoms with Crippen LogP contribution in [0.1, 0.15) is 119 Å². The van der Waals surface area contributed by atoms with Gasteiger partial charge in [-0.05, 0) is 36.8 Å². The number of Topliss-reactive ketones (excluding diaryl/α,β-unsaturated/α-hetero) is 1. The molecular weight excluding hydrogens is 520 g/mol. The Bertz CT molecular complexity index is 1090. The molecule has 0 aromatic rings. The van der Waals surface area contributed by atoms with E-state index in [1.165, 1.54) is 45.4 Å². The van der Waals surface area contributed by atoms with Gasteiger partial charge in [-0.3, -0.25) is 14.4 Å². The molecule has 0 amide bonds. The molecule has 0 heterocycles. The molecule has 0 aromatic heterocycles. The van der Waals surface area contributed by atoms with Crippen LogP contribution in [0, 0.1) is 29.1 Å². The molecular formula is C34H52O7. The smallest absolute Gasteiger partial charge is 0.306 e. The van der Waals surface area contributed by atoms with Crippen LogP contribution in [0.3, 0.4) is 0 Å². The van der Waals surface area contributed by atoms with Crippen molar-refractivity contribution in [2.24, 2.45) is 29.1 Å². The average molecular weight is 573 g/mol. The molecule has 0 aromatic carbocycles. The molecule has 0 aliphatic heterocycles. The molecule has 2 N–H and O–H groups in total. The van der Waals surface area contributed by atoms with E-state index >= 15 is 0 Å². The highest BCUT2D eigenvalue weighted by Gasteiger charge is 2.83. The number of ether oxygens (including phenoxy) is 2. The zero-order valence-electron chi connectivity index (χ0n) is 26.1. The summed E-state index contributed by atoms with van der Waals surface area (Å²) in [6, 6.07) is 0. The van der Waals surface area contributed by atoms with Crippen LogP contribution in [-0.2, 0) is 23.9 Å². The molecule has 4 aliphatic rings. The standard InChI is InChI=1S/C34H52O7/c1-7-8-9-10-11-12-13-14-15-16-28(36)41-33-19-23(3)34(39)26(29(33)31(33,5)6)18-25(21-40-24(4)35)20-32(38)27(34)17-22(2)30(32)37/h17-18,23,26-27,29,38-39H,7-16,19-21H2,1-6H3/t23-,26-,27+,29+,32+,33-,34+/m0/s1. The van der Waals surface area contributed by atoms with Gasteiger partial charge in [0.1, 0.15) is 17.8 Å². The van der Waals surface area contributed by atoms with E-state index in [-0.39, 0.29) is 30.8 Å². The summed E-state index contributed by atoms with van der Waals surface area (Å²) < 4.78 is 11.7. The second kappa shape index (κ2) is 11.9. The Morgan fingerprint density at radius 1 is 1.00 bits per heavy atom. The van der Waals surface area contributed by atoms with E-state index in [0.29, 0.717) is 24.0 Å². The number of hydrogen-bond donors (Lipinski definition) is 2. The second-order valence-corrected chi connectivity index (χ2v) is 14.0. The third-order valence-electron chi connectivity index (χ3n) is 10.9. The molecule has 0 unspecified atom stereocenters. The lowest BCUT2D eigenvalue weighted by Crippen LogP contribution is -2.61. The quantitative estimate of drug-likeness (QED) is 0.158. The monoisotopic (exact) mass is 572 g/mol. The molecule has 0 radical (unpaired) electrons. The van der Waals surface area contributed by atoms with Gasteiger partial charge in [0.05, 0.1) is 5.60 Å². The van der Waals surface area contributed by atoms with Gasteiger partial charge >= 0.3 is 11.9 Å². The molecule has 2 saturated carbocycles. The molecule has 0 bridgehead atoms. The van der Waals surface area contributed by atoms with Crippen molar-refractivity contribution in [2.45, 2.75) is 135 Å². The van der Waals surface area contributed by atoms with Gasteiger partial charge in [-0.2, -0.15) is 0 Å². The molecule has 4 rings (SSSR count). The second-order valence-electron chi connectivity index (χ2n) is 14.0. The molecule has 7 nitrogen and oxygen atoms in total. The minimum absolute atomic E-state index is 0.0122. The largest absolute Gasteiger partial charge is 0.461 e. The van der Waals surface area contributed by atoms with Gasteiger partial charge in [-0.25, -0.2) is 0 Å². The molecule has 7 atom stereocenters. The van der Waals surface area contributed by atoms with Crippen LogP contribution in [0.15, 0.2) is 23.3 Å². The number of carbonyl (C=O) groups is 3. The summed E-state index contributed by atoms with van der Waals surface area (Å²) in [5.41, 5.74) is -3.32. The Balaban J connectivity index is 1.50. The molecule has 0 saturated heterocycles. The van der Waals surface area contributed by atoms with Crippen LogP contribution < -0.4 is 0 Å². The van der Waals surface area contributed by atoms with Gasteiger partial charge in [0.2, 0.25) is 0 Å². The number of carbonyl (C=O) groups excluding carboxylic acids is 3. The number of unbranched alkanes of at least 4 members (excludes halogenated alkanes) is 8. The summed E-state index contributed by atoms with van der Waals surface area (Å²) in [6.45, 7) is 11.3. The van der Waals surface area contributed by atoms with Crippen molar-refractivity contribution in [3.05, 3.63) is 23.3 Å². The Kier molecular flexibility index (Phi) is 9.31. The zero-order valence-corrected chi connectivity index (χ0v) is 26.1. The first-order chi connectivity index (χ1) is 19.3. The molecule has 4 aliphatic carbocycles. The summed E-state index contributed by atoms with van der Waals surface area (Å²) in [6.07, 6.45) is 15.1. The van der Waals surface area contributed by atoms with Crippen molar-refractivity contribution in [1.29, 1.82) is 0 Å². The van der Waals surface area contributed by atoms with E-state index in [4.69, 9.17) is 9.47 Å². The van der Waals surface area contributed by atoms with E-state index in [1.807, 2.05) is 13.0 Å². The van der Waals surface area contributed by atoms with Crippen LogP contribution in [-0.4, -0.2) is 51.3 Å². The number of hydrogen-bond acceptors (Lipinski definition) is 7. The predicted octanol–water partition coefficient (Wildman–Crippen LogP) is 6.00. The van der Waals surface area contributed by atoms with Gasteiger partial charge < -0.3 is 19.7 Å². The van der Waals surface area contributed by atoms with Crippen molar-refractivity contribution in [2.75, 3.05) is 6.61 Å². The van der Waals surface area contributed by atoms with Crippen molar-refractivity contribution in [3.63, 3.8) is 0 Å². The maximum atomic E-state index is 13.2. The Hall–Kier alpha value is -1.99. The highest BCUT2D eigenvalue weighted by Crippen LogP contribution is 2.76. The number of aliphatic hydroxyl groups is 2. The van der Waals surface area contributed by atoms with Crippen molar-refractivity contribution < 1.29 is 34.1 Å². The zero-order chi connectivity index (χ0) is 30.2. The van der Waals surface area contributed by atoms with Crippen LogP contribution >= 0.6 is 0 Å². The van der Waals surface area contributed by atoms with E-state index < -0.39 is 45.8 Å². The predicted molar refractivity (Wildman–Crippen MR) is 157 cm³/mol. The fraction of sp³-hybridized carbons (Fsp3) is 0.794. The minimum atomic E-state index is -1.81. The molecule has 230 valence electrons. The van der Waals surface area contributed by atoms with Crippen molar-refractivity contribution in [3.8, 4) is 0 Å². The van der Waals surface area contributed by atoms with Crippen LogP contribution in [0.25, 0.3) is 0 Å². The summed E-state index contributed by atoms with van der Waals surface area (Å²) in [7, 11) is 0. The fourth-order valence-corrected chi connectivity index (χ4v) is 8.62. The molecule has 0 spiro atoms.